The summed E-state index contributed by atoms with van der Waals surface area (Å²) in [6.07, 6.45) is -1.20. The molecule has 0 spiro atoms. The molecule has 1 rings (SSSR count). The van der Waals surface area contributed by atoms with E-state index in [0.717, 1.165) is 0 Å². The predicted octanol–water partition coefficient (Wildman–Crippen LogP) is 0.936. The monoisotopic (exact) mass is 196 g/mol. The normalized spacial score (nSPS) is 14.7. The summed E-state index contributed by atoms with van der Waals surface area (Å²) in [5.74, 6) is 0. The van der Waals surface area contributed by atoms with Crippen LogP contribution in [0.5, 0.6) is 0 Å². The number of methoxy groups -OCH3 is 1. The van der Waals surface area contributed by atoms with Crippen LogP contribution in [-0.4, -0.2) is 18.3 Å². The van der Waals surface area contributed by atoms with Crippen LogP contribution in [0.1, 0.15) is 11.6 Å². The average molecular weight is 196 g/mol. The zero-order valence-corrected chi connectivity index (χ0v) is 7.79. The summed E-state index contributed by atoms with van der Waals surface area (Å²) in [7, 11) is 1.27. The Labute approximate surface area is 81.6 Å². The van der Waals surface area contributed by atoms with Crippen LogP contribution in [0, 0.1) is 10.1 Å². The molecule has 0 heterocycles. The average Bonchev–Trinajstić information content (AvgIpc) is 2.19. The van der Waals surface area contributed by atoms with Crippen LogP contribution in [0.2, 0.25) is 0 Å². The molecule has 0 saturated carbocycles. The molecular weight excluding hydrogens is 184 g/mol. The van der Waals surface area contributed by atoms with Crippen molar-refractivity contribution in [2.24, 2.45) is 5.73 Å². The first kappa shape index (κ1) is 10.6. The van der Waals surface area contributed by atoms with Crippen molar-refractivity contribution in [1.82, 2.24) is 0 Å². The molecule has 2 N–H and O–H groups in total. The minimum absolute atomic E-state index is 0.530. The number of nitrogens with two attached hydrogens (primary N) is 1. The molecule has 0 radical (unpaired) electrons. The molecule has 0 aliphatic rings. The van der Waals surface area contributed by atoms with Crippen LogP contribution in [0.15, 0.2) is 30.3 Å². The van der Waals surface area contributed by atoms with Crippen molar-refractivity contribution >= 4 is 0 Å². The van der Waals surface area contributed by atoms with E-state index in [1.54, 1.807) is 24.3 Å². The highest BCUT2D eigenvalue weighted by Crippen LogP contribution is 2.15. The molecule has 14 heavy (non-hydrogen) atoms. The van der Waals surface area contributed by atoms with Crippen molar-refractivity contribution in [3.05, 3.63) is 46.0 Å². The molecule has 0 aliphatic carbocycles. The minimum Gasteiger partial charge on any atom is -0.319 e. The molecule has 1 aromatic carbocycles. The Hall–Kier alpha value is -1.46. The van der Waals surface area contributed by atoms with E-state index >= 15 is 0 Å². The Morgan fingerprint density at radius 2 is 2.00 bits per heavy atom. The molecule has 0 amide bonds. The second-order valence-corrected chi connectivity index (χ2v) is 2.85. The zero-order valence-electron chi connectivity index (χ0n) is 7.79. The molecule has 5 heteroatoms. The van der Waals surface area contributed by atoms with Gasteiger partial charge in [-0.05, 0) is 5.56 Å². The lowest BCUT2D eigenvalue weighted by Gasteiger charge is -2.15. The summed E-state index contributed by atoms with van der Waals surface area (Å²) >= 11 is 0. The molecule has 0 aromatic heterocycles. The van der Waals surface area contributed by atoms with E-state index in [0.29, 0.717) is 5.56 Å². The van der Waals surface area contributed by atoms with Gasteiger partial charge < -0.3 is 10.5 Å². The van der Waals surface area contributed by atoms with E-state index in [2.05, 4.69) is 0 Å². The first-order valence-corrected chi connectivity index (χ1v) is 4.13. The Bertz CT molecular complexity index is 302. The van der Waals surface area contributed by atoms with Gasteiger partial charge in [0.25, 0.3) is 0 Å². The molecule has 76 valence electrons. The number of nitrogens with zero attached hydrogens (tertiary/aromatic N) is 1. The van der Waals surface area contributed by atoms with Crippen molar-refractivity contribution in [3.63, 3.8) is 0 Å². The van der Waals surface area contributed by atoms with Crippen molar-refractivity contribution in [2.45, 2.75) is 12.3 Å². The van der Waals surface area contributed by atoms with Gasteiger partial charge in [-0.15, -0.1) is 0 Å². The number of benzene rings is 1. The second kappa shape index (κ2) is 4.69. The van der Waals surface area contributed by atoms with Gasteiger partial charge in [0, 0.05) is 7.11 Å². The third-order valence-electron chi connectivity index (χ3n) is 1.94. The van der Waals surface area contributed by atoms with Gasteiger partial charge in [-0.2, -0.15) is 0 Å². The standard InChI is InChI=1S/C9H12N2O3/c1-14-9(11(12)13)8(10)7-5-3-2-4-6-7/h2-6,8-9H,10H2,1H3. The molecule has 0 aliphatic heterocycles. The van der Waals surface area contributed by atoms with Gasteiger partial charge in [-0.3, -0.25) is 10.1 Å². The summed E-state index contributed by atoms with van der Waals surface area (Å²) in [6.45, 7) is 0. The maximum Gasteiger partial charge on any atom is 0.334 e. The lowest BCUT2D eigenvalue weighted by molar-refractivity contribution is -0.577. The second-order valence-electron chi connectivity index (χ2n) is 2.85. The Kier molecular flexibility index (Phi) is 3.55. The quantitative estimate of drug-likeness (QED) is 0.441. The lowest BCUT2D eigenvalue weighted by atomic mass is 10.1. The zero-order chi connectivity index (χ0) is 10.6. The predicted molar refractivity (Wildman–Crippen MR) is 51.2 cm³/mol. The third kappa shape index (κ3) is 2.27. The fourth-order valence-electron chi connectivity index (χ4n) is 1.20. The maximum absolute atomic E-state index is 10.5. The van der Waals surface area contributed by atoms with E-state index in [1.165, 1.54) is 7.11 Å². The fraction of sp³-hybridized carbons (Fsp3) is 0.333. The van der Waals surface area contributed by atoms with Gasteiger partial charge in [0.2, 0.25) is 0 Å². The number of nitro groups is 1. The minimum atomic E-state index is -1.20. The molecule has 2 atom stereocenters. The van der Waals surface area contributed by atoms with E-state index in [9.17, 15) is 10.1 Å². The van der Waals surface area contributed by atoms with Crippen LogP contribution < -0.4 is 5.73 Å². The van der Waals surface area contributed by atoms with Crippen molar-refractivity contribution in [1.29, 1.82) is 0 Å². The van der Waals surface area contributed by atoms with Gasteiger partial charge in [0.15, 0.2) is 0 Å². The van der Waals surface area contributed by atoms with E-state index in [1.807, 2.05) is 6.07 Å². The van der Waals surface area contributed by atoms with E-state index < -0.39 is 17.2 Å². The van der Waals surface area contributed by atoms with Crippen molar-refractivity contribution in [2.75, 3.05) is 7.11 Å². The van der Waals surface area contributed by atoms with Gasteiger partial charge in [0.1, 0.15) is 6.04 Å². The summed E-state index contributed by atoms with van der Waals surface area (Å²) < 4.78 is 4.70. The third-order valence-corrected chi connectivity index (χ3v) is 1.94. The van der Waals surface area contributed by atoms with E-state index in [4.69, 9.17) is 10.5 Å². The number of rotatable bonds is 4. The maximum atomic E-state index is 10.5. The molecule has 5 nitrogen and oxygen atoms in total. The van der Waals surface area contributed by atoms with E-state index in [-0.39, 0.29) is 0 Å². The Morgan fingerprint density at radius 3 is 2.43 bits per heavy atom. The van der Waals surface area contributed by atoms with Crippen LogP contribution >= 0.6 is 0 Å². The molecule has 0 saturated heterocycles. The molecular formula is C9H12N2O3. The first-order valence-electron chi connectivity index (χ1n) is 4.13. The lowest BCUT2D eigenvalue weighted by Crippen LogP contribution is -2.34. The summed E-state index contributed by atoms with van der Waals surface area (Å²) in [5, 5.41) is 10.5. The van der Waals surface area contributed by atoms with Crippen LogP contribution in [-0.2, 0) is 4.74 Å². The molecule has 1 aromatic rings. The Morgan fingerprint density at radius 1 is 1.43 bits per heavy atom. The van der Waals surface area contributed by atoms with Gasteiger partial charge >= 0.3 is 6.23 Å². The number of hydrogen-bond acceptors (Lipinski definition) is 4. The van der Waals surface area contributed by atoms with Crippen LogP contribution in [0.4, 0.5) is 0 Å². The first-order chi connectivity index (χ1) is 6.66. The van der Waals surface area contributed by atoms with Crippen molar-refractivity contribution < 1.29 is 9.66 Å². The van der Waals surface area contributed by atoms with Gasteiger partial charge in [-0.1, -0.05) is 30.3 Å². The van der Waals surface area contributed by atoms with Gasteiger partial charge in [0.05, 0.1) is 4.92 Å². The largest absolute Gasteiger partial charge is 0.334 e. The highest BCUT2D eigenvalue weighted by Gasteiger charge is 2.28. The summed E-state index contributed by atoms with van der Waals surface area (Å²) in [6, 6.07) is 8.12. The van der Waals surface area contributed by atoms with Crippen molar-refractivity contribution in [3.8, 4) is 0 Å². The van der Waals surface area contributed by atoms with Crippen LogP contribution in [0.3, 0.4) is 0 Å². The Balaban J connectivity index is 2.83. The molecule has 2 unspecified atom stereocenters. The molecule has 0 fully saturated rings. The smallest absolute Gasteiger partial charge is 0.319 e. The van der Waals surface area contributed by atoms with Gasteiger partial charge in [-0.25, -0.2) is 0 Å². The highest BCUT2D eigenvalue weighted by molar-refractivity contribution is 5.18. The fourth-order valence-corrected chi connectivity index (χ4v) is 1.20. The topological polar surface area (TPSA) is 78.4 Å². The number of ether oxygens (including phenoxy) is 1. The highest BCUT2D eigenvalue weighted by atomic mass is 16.7. The van der Waals surface area contributed by atoms with Crippen LogP contribution in [0.25, 0.3) is 0 Å². The number of hydrogen-bond donors (Lipinski definition) is 1. The summed E-state index contributed by atoms with van der Waals surface area (Å²) in [5.41, 5.74) is 6.37. The molecule has 0 bridgehead atoms. The SMILES string of the molecule is COC(C(N)c1ccccc1)[N+](=O)[O-]. The summed E-state index contributed by atoms with van der Waals surface area (Å²) in [4.78, 5) is 10.0.